The topological polar surface area (TPSA) is 0 Å². The summed E-state index contributed by atoms with van der Waals surface area (Å²) in [5.74, 6) is 5.24. The van der Waals surface area contributed by atoms with E-state index >= 15 is 0 Å². The number of allylic oxidation sites excluding steroid dienone is 1. The zero-order valence-corrected chi connectivity index (χ0v) is 7.92. The lowest BCUT2D eigenvalue weighted by Gasteiger charge is -2.11. The molecule has 3 fully saturated rings. The van der Waals surface area contributed by atoms with Crippen molar-refractivity contribution in [3.63, 3.8) is 0 Å². The van der Waals surface area contributed by atoms with Crippen molar-refractivity contribution in [2.45, 2.75) is 32.6 Å². The highest BCUT2D eigenvalue weighted by Gasteiger charge is 2.54. The Bertz CT molecular complexity index is 228. The summed E-state index contributed by atoms with van der Waals surface area (Å²) in [6, 6.07) is 0. The maximum atomic E-state index is 4.17. The molecular weight excluding hydrogens is 144 g/mol. The van der Waals surface area contributed by atoms with Gasteiger partial charge in [0.05, 0.1) is 0 Å². The molecule has 5 atom stereocenters. The van der Waals surface area contributed by atoms with E-state index in [4.69, 9.17) is 0 Å². The fraction of sp³-hybridized carbons (Fsp3) is 0.833. The van der Waals surface area contributed by atoms with Crippen molar-refractivity contribution in [2.24, 2.45) is 29.6 Å². The first-order valence-corrected chi connectivity index (χ1v) is 5.50. The van der Waals surface area contributed by atoms with Gasteiger partial charge in [-0.05, 0) is 48.9 Å². The molecule has 0 heterocycles. The number of hydrogen-bond donors (Lipinski definition) is 0. The lowest BCUT2D eigenvalue weighted by atomic mass is 9.94. The van der Waals surface area contributed by atoms with Gasteiger partial charge in [-0.1, -0.05) is 25.5 Å². The van der Waals surface area contributed by atoms with Crippen LogP contribution >= 0.6 is 0 Å². The lowest BCUT2D eigenvalue weighted by Crippen LogP contribution is -2.02. The number of fused-ring (bicyclic) bond motifs is 2. The first-order valence-electron chi connectivity index (χ1n) is 5.50. The minimum Gasteiger partial charge on any atom is -0.0993 e. The Labute approximate surface area is 75.0 Å². The fourth-order valence-corrected chi connectivity index (χ4v) is 3.49. The maximum Gasteiger partial charge on any atom is -0.0134 e. The van der Waals surface area contributed by atoms with E-state index in [1.165, 1.54) is 19.3 Å². The SMILES string of the molecule is C=C1C2CC(CC)C3CC3CC12. The minimum absolute atomic E-state index is 0.961. The smallest absolute Gasteiger partial charge is 0.0134 e. The monoisotopic (exact) mass is 162 g/mol. The van der Waals surface area contributed by atoms with Crippen molar-refractivity contribution >= 4 is 0 Å². The molecule has 0 bridgehead atoms. The summed E-state index contributed by atoms with van der Waals surface area (Å²) in [4.78, 5) is 0. The van der Waals surface area contributed by atoms with Crippen LogP contribution in [0.4, 0.5) is 0 Å². The molecule has 0 spiro atoms. The summed E-state index contributed by atoms with van der Waals surface area (Å²) in [6.07, 6.45) is 5.96. The molecule has 0 saturated heterocycles. The molecule has 0 heteroatoms. The van der Waals surface area contributed by atoms with Crippen molar-refractivity contribution in [1.82, 2.24) is 0 Å². The van der Waals surface area contributed by atoms with E-state index in [0.29, 0.717) is 0 Å². The first kappa shape index (κ1) is 7.17. The van der Waals surface area contributed by atoms with Crippen molar-refractivity contribution in [3.8, 4) is 0 Å². The summed E-state index contributed by atoms with van der Waals surface area (Å²) in [6.45, 7) is 6.54. The van der Waals surface area contributed by atoms with Crippen LogP contribution in [0, 0.1) is 29.6 Å². The zero-order valence-electron chi connectivity index (χ0n) is 7.92. The van der Waals surface area contributed by atoms with Gasteiger partial charge in [0.25, 0.3) is 0 Å². The van der Waals surface area contributed by atoms with Gasteiger partial charge in [-0.15, -0.1) is 0 Å². The molecule has 66 valence electrons. The van der Waals surface area contributed by atoms with Gasteiger partial charge < -0.3 is 0 Å². The van der Waals surface area contributed by atoms with E-state index in [2.05, 4.69) is 13.5 Å². The van der Waals surface area contributed by atoms with E-state index in [1.54, 1.807) is 12.0 Å². The molecule has 0 aromatic rings. The van der Waals surface area contributed by atoms with Crippen LogP contribution in [0.3, 0.4) is 0 Å². The average Bonchev–Trinajstić information content (AvgIpc) is 2.88. The van der Waals surface area contributed by atoms with Crippen LogP contribution in [-0.2, 0) is 0 Å². The van der Waals surface area contributed by atoms with E-state index in [0.717, 1.165) is 29.6 Å². The minimum atomic E-state index is 0.961. The Hall–Kier alpha value is -0.260. The normalized spacial score (nSPS) is 55.4. The molecule has 0 radical (unpaired) electrons. The number of rotatable bonds is 1. The molecule has 12 heavy (non-hydrogen) atoms. The van der Waals surface area contributed by atoms with Gasteiger partial charge in [0, 0.05) is 0 Å². The second kappa shape index (κ2) is 2.16. The predicted octanol–water partition coefficient (Wildman–Crippen LogP) is 3.24. The van der Waals surface area contributed by atoms with Gasteiger partial charge in [-0.25, -0.2) is 0 Å². The second-order valence-corrected chi connectivity index (χ2v) is 5.09. The van der Waals surface area contributed by atoms with Gasteiger partial charge >= 0.3 is 0 Å². The third kappa shape index (κ3) is 0.841. The summed E-state index contributed by atoms with van der Waals surface area (Å²) in [7, 11) is 0. The maximum absolute atomic E-state index is 4.17. The van der Waals surface area contributed by atoms with Crippen LogP contribution < -0.4 is 0 Å². The summed E-state index contributed by atoms with van der Waals surface area (Å²) in [5, 5.41) is 0. The molecule has 3 aliphatic rings. The third-order valence-electron chi connectivity index (χ3n) is 4.55. The second-order valence-electron chi connectivity index (χ2n) is 5.09. The third-order valence-corrected chi connectivity index (χ3v) is 4.55. The summed E-state index contributed by atoms with van der Waals surface area (Å²) >= 11 is 0. The van der Waals surface area contributed by atoms with Crippen molar-refractivity contribution in [1.29, 1.82) is 0 Å². The Morgan fingerprint density at radius 2 is 2.00 bits per heavy atom. The van der Waals surface area contributed by atoms with Crippen LogP contribution in [-0.4, -0.2) is 0 Å². The van der Waals surface area contributed by atoms with Crippen molar-refractivity contribution in [3.05, 3.63) is 12.2 Å². The van der Waals surface area contributed by atoms with Gasteiger partial charge in [0.2, 0.25) is 0 Å². The first-order chi connectivity index (χ1) is 5.81. The summed E-state index contributed by atoms with van der Waals surface area (Å²) < 4.78 is 0. The molecule has 0 aromatic carbocycles. The highest BCUT2D eigenvalue weighted by molar-refractivity contribution is 5.28. The van der Waals surface area contributed by atoms with Gasteiger partial charge in [0.15, 0.2) is 0 Å². The highest BCUT2D eigenvalue weighted by atomic mass is 14.6. The van der Waals surface area contributed by atoms with Gasteiger partial charge in [-0.3, -0.25) is 0 Å². The molecule has 3 saturated carbocycles. The Kier molecular flexibility index (Phi) is 1.29. The van der Waals surface area contributed by atoms with Gasteiger partial charge in [-0.2, -0.15) is 0 Å². The highest BCUT2D eigenvalue weighted by Crippen LogP contribution is 2.64. The lowest BCUT2D eigenvalue weighted by molar-refractivity contribution is 0.394. The van der Waals surface area contributed by atoms with Gasteiger partial charge in [0.1, 0.15) is 0 Å². The van der Waals surface area contributed by atoms with E-state index < -0.39 is 0 Å². The predicted molar refractivity (Wildman–Crippen MR) is 50.7 cm³/mol. The van der Waals surface area contributed by atoms with E-state index in [-0.39, 0.29) is 0 Å². The molecule has 5 unspecified atom stereocenters. The Balaban J connectivity index is 1.78. The van der Waals surface area contributed by atoms with Crippen LogP contribution in [0.5, 0.6) is 0 Å². The Morgan fingerprint density at radius 3 is 2.75 bits per heavy atom. The standard InChI is InChI=1S/C12H18/c1-3-8-4-10-7(2)11(10)5-9-6-12(8)9/h8-12H,2-6H2,1H3. The quantitative estimate of drug-likeness (QED) is 0.519. The van der Waals surface area contributed by atoms with Crippen molar-refractivity contribution in [2.75, 3.05) is 0 Å². The zero-order chi connectivity index (χ0) is 8.29. The molecule has 3 aliphatic carbocycles. The molecule has 0 aliphatic heterocycles. The fourth-order valence-electron chi connectivity index (χ4n) is 3.49. The van der Waals surface area contributed by atoms with Crippen LogP contribution in [0.15, 0.2) is 12.2 Å². The Morgan fingerprint density at radius 1 is 1.25 bits per heavy atom. The molecular formula is C12H18. The molecule has 0 N–H and O–H groups in total. The molecule has 3 rings (SSSR count). The summed E-state index contributed by atoms with van der Waals surface area (Å²) in [5.41, 5.74) is 1.60. The molecule has 0 aromatic heterocycles. The van der Waals surface area contributed by atoms with Crippen LogP contribution in [0.2, 0.25) is 0 Å². The molecule has 0 nitrogen and oxygen atoms in total. The van der Waals surface area contributed by atoms with E-state index in [1.807, 2.05) is 0 Å². The van der Waals surface area contributed by atoms with Crippen LogP contribution in [0.25, 0.3) is 0 Å². The largest absolute Gasteiger partial charge is 0.0993 e. The van der Waals surface area contributed by atoms with E-state index in [9.17, 15) is 0 Å². The van der Waals surface area contributed by atoms with Crippen LogP contribution in [0.1, 0.15) is 32.6 Å². The van der Waals surface area contributed by atoms with Crippen molar-refractivity contribution < 1.29 is 0 Å². The average molecular weight is 162 g/mol. The molecule has 0 amide bonds. The number of hydrogen-bond acceptors (Lipinski definition) is 0.